The quantitative estimate of drug-likeness (QED) is 0.328. The van der Waals surface area contributed by atoms with Gasteiger partial charge < -0.3 is 27.4 Å². The van der Waals surface area contributed by atoms with Gasteiger partial charge in [0.05, 0.1) is 6.34 Å². The van der Waals surface area contributed by atoms with Crippen LogP contribution in [0.1, 0.15) is 17.3 Å². The molecule has 0 fully saturated rings. The van der Waals surface area contributed by atoms with E-state index in [2.05, 4.69) is 37.5 Å². The highest BCUT2D eigenvalue weighted by atomic mass is 16.1. The van der Waals surface area contributed by atoms with Gasteiger partial charge in [0.1, 0.15) is 17.4 Å². The number of hydrogen-bond donors (Lipinski definition) is 5. The van der Waals surface area contributed by atoms with Crippen LogP contribution in [-0.2, 0) is 4.79 Å². The standard InChI is InChI=1S/C17H20N8O2/c1-3-20-9-22-11-4-6-12(7-5-11)24-16-13(15(19)27)8-21-17(25-16)23-10(2)14(18)26/h3-10H,1H2,2H3,(H2,18,26)(H2,19,27)(H,20,22)(H2,21,23,24,25)/t10-/m1/s1. The first kappa shape index (κ1) is 19.4. The number of nitrogens with two attached hydrogens (primary N) is 2. The minimum atomic E-state index is -0.689. The van der Waals surface area contributed by atoms with Gasteiger partial charge >= 0.3 is 0 Å². The van der Waals surface area contributed by atoms with Gasteiger partial charge in [-0.25, -0.2) is 9.98 Å². The van der Waals surface area contributed by atoms with E-state index in [1.54, 1.807) is 31.2 Å². The minimum absolute atomic E-state index is 0.104. The van der Waals surface area contributed by atoms with E-state index in [0.29, 0.717) is 5.69 Å². The predicted octanol–water partition coefficient (Wildman–Crippen LogP) is 1.19. The summed E-state index contributed by atoms with van der Waals surface area (Å²) in [5.41, 5.74) is 12.2. The summed E-state index contributed by atoms with van der Waals surface area (Å²) in [4.78, 5) is 34.8. The Morgan fingerprint density at radius 2 is 1.89 bits per heavy atom. The van der Waals surface area contributed by atoms with Crippen LogP contribution in [0, 0.1) is 0 Å². The molecule has 1 atom stereocenters. The second-order valence-electron chi connectivity index (χ2n) is 5.40. The van der Waals surface area contributed by atoms with Crippen molar-refractivity contribution in [1.29, 1.82) is 0 Å². The van der Waals surface area contributed by atoms with Crippen LogP contribution in [0.25, 0.3) is 0 Å². The number of carbonyl (C=O) groups excluding carboxylic acids is 2. The molecule has 10 nitrogen and oxygen atoms in total. The summed E-state index contributed by atoms with van der Waals surface area (Å²) >= 11 is 0. The highest BCUT2D eigenvalue weighted by Gasteiger charge is 2.15. The van der Waals surface area contributed by atoms with Crippen molar-refractivity contribution in [3.63, 3.8) is 0 Å². The maximum Gasteiger partial charge on any atom is 0.254 e. The maximum absolute atomic E-state index is 11.6. The summed E-state index contributed by atoms with van der Waals surface area (Å²) in [6, 6.07) is 6.47. The molecule has 1 aromatic heterocycles. The van der Waals surface area contributed by atoms with Crippen LogP contribution < -0.4 is 27.4 Å². The predicted molar refractivity (Wildman–Crippen MR) is 105 cm³/mol. The molecular weight excluding hydrogens is 348 g/mol. The van der Waals surface area contributed by atoms with Crippen LogP contribution in [0.2, 0.25) is 0 Å². The van der Waals surface area contributed by atoms with Crippen molar-refractivity contribution >= 4 is 41.3 Å². The van der Waals surface area contributed by atoms with E-state index in [0.717, 1.165) is 5.69 Å². The molecule has 0 aliphatic rings. The lowest BCUT2D eigenvalue weighted by atomic mass is 10.2. The SMILES string of the molecule is C=C/N=C\Nc1ccc(Nc2nc(N[C@H](C)C(N)=O)ncc2C(N)=O)cc1. The van der Waals surface area contributed by atoms with Gasteiger partial charge in [-0.3, -0.25) is 9.59 Å². The number of primary amides is 2. The van der Waals surface area contributed by atoms with E-state index in [9.17, 15) is 9.59 Å². The lowest BCUT2D eigenvalue weighted by Crippen LogP contribution is -2.33. The number of hydrogen-bond acceptors (Lipinski definition) is 7. The number of amides is 2. The van der Waals surface area contributed by atoms with Gasteiger partial charge in [-0.15, -0.1) is 0 Å². The zero-order valence-corrected chi connectivity index (χ0v) is 14.6. The molecule has 0 radical (unpaired) electrons. The van der Waals surface area contributed by atoms with Crippen LogP contribution in [0.4, 0.5) is 23.1 Å². The molecule has 0 aliphatic carbocycles. The van der Waals surface area contributed by atoms with E-state index in [1.807, 2.05) is 0 Å². The maximum atomic E-state index is 11.6. The average Bonchev–Trinajstić information content (AvgIpc) is 2.63. The second-order valence-corrected chi connectivity index (χ2v) is 5.40. The van der Waals surface area contributed by atoms with Crippen molar-refractivity contribution in [3.05, 3.63) is 48.8 Å². The monoisotopic (exact) mass is 368 g/mol. The zero-order valence-electron chi connectivity index (χ0n) is 14.6. The van der Waals surface area contributed by atoms with Crippen molar-refractivity contribution in [2.24, 2.45) is 16.5 Å². The number of nitrogens with zero attached hydrogens (tertiary/aromatic N) is 3. The first-order valence-electron chi connectivity index (χ1n) is 7.89. The highest BCUT2D eigenvalue weighted by molar-refractivity contribution is 5.98. The Morgan fingerprint density at radius 3 is 2.48 bits per heavy atom. The van der Waals surface area contributed by atoms with Gasteiger partial charge in [0.15, 0.2) is 0 Å². The fourth-order valence-electron chi connectivity index (χ4n) is 1.94. The van der Waals surface area contributed by atoms with Crippen molar-refractivity contribution in [1.82, 2.24) is 9.97 Å². The fourth-order valence-corrected chi connectivity index (χ4v) is 1.94. The molecule has 0 unspecified atom stereocenters. The molecule has 10 heteroatoms. The first-order valence-corrected chi connectivity index (χ1v) is 7.89. The van der Waals surface area contributed by atoms with Crippen LogP contribution in [0.5, 0.6) is 0 Å². The van der Waals surface area contributed by atoms with Gasteiger partial charge in [0.25, 0.3) is 5.91 Å². The summed E-state index contributed by atoms with van der Waals surface area (Å²) in [6.07, 6.45) is 4.19. The average molecular weight is 368 g/mol. The van der Waals surface area contributed by atoms with Gasteiger partial charge in [-0.1, -0.05) is 6.58 Å². The van der Waals surface area contributed by atoms with Crippen molar-refractivity contribution in [2.45, 2.75) is 13.0 Å². The van der Waals surface area contributed by atoms with Gasteiger partial charge in [0.2, 0.25) is 11.9 Å². The summed E-state index contributed by atoms with van der Waals surface area (Å²) in [5.74, 6) is -0.917. The molecule has 2 amide bonds. The highest BCUT2D eigenvalue weighted by Crippen LogP contribution is 2.21. The Labute approximate surface area is 155 Å². The van der Waals surface area contributed by atoms with E-state index < -0.39 is 17.9 Å². The third-order valence-corrected chi connectivity index (χ3v) is 3.39. The van der Waals surface area contributed by atoms with Crippen LogP contribution in [0.15, 0.2) is 48.2 Å². The topological polar surface area (TPSA) is 160 Å². The number of aliphatic imine (C=N–C) groups is 1. The van der Waals surface area contributed by atoms with E-state index in [-0.39, 0.29) is 17.3 Å². The smallest absolute Gasteiger partial charge is 0.254 e. The third kappa shape index (κ3) is 5.53. The van der Waals surface area contributed by atoms with Crippen molar-refractivity contribution in [3.8, 4) is 0 Å². The summed E-state index contributed by atoms with van der Waals surface area (Å²) in [5, 5.41) is 8.72. The summed E-state index contributed by atoms with van der Waals surface area (Å²) in [7, 11) is 0. The molecule has 140 valence electrons. The molecule has 0 bridgehead atoms. The van der Waals surface area contributed by atoms with Crippen LogP contribution >= 0.6 is 0 Å². The zero-order chi connectivity index (χ0) is 19.8. The Bertz CT molecular complexity index is 864. The van der Waals surface area contributed by atoms with Gasteiger partial charge in [-0.2, -0.15) is 4.98 Å². The lowest BCUT2D eigenvalue weighted by molar-refractivity contribution is -0.118. The minimum Gasteiger partial charge on any atom is -0.368 e. The van der Waals surface area contributed by atoms with Gasteiger partial charge in [0, 0.05) is 23.8 Å². The Balaban J connectivity index is 2.22. The number of anilines is 4. The molecule has 0 saturated carbocycles. The molecule has 0 saturated heterocycles. The van der Waals surface area contributed by atoms with Crippen LogP contribution in [-0.4, -0.2) is 34.2 Å². The molecular formula is C17H20N8O2. The Hall–Kier alpha value is -3.95. The molecule has 1 heterocycles. The summed E-state index contributed by atoms with van der Waals surface area (Å²) in [6.45, 7) is 5.05. The number of aromatic nitrogens is 2. The van der Waals surface area contributed by atoms with E-state index in [1.165, 1.54) is 18.7 Å². The molecule has 0 aliphatic heterocycles. The van der Waals surface area contributed by atoms with E-state index >= 15 is 0 Å². The largest absolute Gasteiger partial charge is 0.368 e. The molecule has 2 aromatic rings. The molecule has 27 heavy (non-hydrogen) atoms. The Kier molecular flexibility index (Phi) is 6.42. The normalized spacial score (nSPS) is 11.6. The fraction of sp³-hybridized carbons (Fsp3) is 0.118. The number of nitrogens with one attached hydrogen (secondary N) is 3. The second kappa shape index (κ2) is 8.94. The molecule has 1 aromatic carbocycles. The van der Waals surface area contributed by atoms with Gasteiger partial charge in [-0.05, 0) is 31.2 Å². The van der Waals surface area contributed by atoms with Crippen molar-refractivity contribution < 1.29 is 9.59 Å². The number of rotatable bonds is 9. The molecule has 2 rings (SSSR count). The molecule has 0 spiro atoms. The third-order valence-electron chi connectivity index (χ3n) is 3.39. The number of carbonyl (C=O) groups is 2. The molecule has 7 N–H and O–H groups in total. The number of benzene rings is 1. The van der Waals surface area contributed by atoms with E-state index in [4.69, 9.17) is 11.5 Å². The first-order chi connectivity index (χ1) is 12.9. The van der Waals surface area contributed by atoms with Crippen molar-refractivity contribution in [2.75, 3.05) is 16.0 Å². The summed E-state index contributed by atoms with van der Waals surface area (Å²) < 4.78 is 0. The lowest BCUT2D eigenvalue weighted by Gasteiger charge is -2.13. The van der Waals surface area contributed by atoms with Crippen LogP contribution in [0.3, 0.4) is 0 Å². The Morgan fingerprint density at radius 1 is 1.22 bits per heavy atom.